The van der Waals surface area contributed by atoms with Gasteiger partial charge < -0.3 is 35.5 Å². The number of ether oxygens (including phenoxy) is 3. The first-order valence-corrected chi connectivity index (χ1v) is 13.5. The van der Waals surface area contributed by atoms with Gasteiger partial charge in [-0.2, -0.15) is 0 Å². The summed E-state index contributed by atoms with van der Waals surface area (Å²) in [6.45, 7) is 3.92. The van der Waals surface area contributed by atoms with Gasteiger partial charge in [0, 0.05) is 23.0 Å². The van der Waals surface area contributed by atoms with Gasteiger partial charge in [-0.1, -0.05) is 37.7 Å². The fourth-order valence-corrected chi connectivity index (χ4v) is 5.22. The summed E-state index contributed by atoms with van der Waals surface area (Å²) in [5.74, 6) is -0.499. The number of carbonyl (C=O) groups excluding carboxylic acids is 3. The number of benzene rings is 2. The smallest absolute Gasteiger partial charge is 0.258 e. The van der Waals surface area contributed by atoms with Crippen LogP contribution in [0.2, 0.25) is 0 Å². The first-order valence-electron chi connectivity index (χ1n) is 12.6. The molecule has 0 spiro atoms. The van der Waals surface area contributed by atoms with E-state index in [0.29, 0.717) is 25.2 Å². The van der Waals surface area contributed by atoms with Crippen LogP contribution < -0.4 is 26.0 Å². The molecule has 4 rings (SSSR count). The highest BCUT2D eigenvalue weighted by Crippen LogP contribution is 2.44. The van der Waals surface area contributed by atoms with Crippen molar-refractivity contribution in [2.45, 2.75) is 54.9 Å². The fraction of sp³-hybridized carbons (Fsp3) is 0.444. The average molecular weight is 543 g/mol. The molecule has 0 bridgehead atoms. The van der Waals surface area contributed by atoms with E-state index in [4.69, 9.17) is 14.2 Å². The summed E-state index contributed by atoms with van der Waals surface area (Å²) in [6.07, 6.45) is 0.582. The average Bonchev–Trinajstić information content (AvgIpc) is 3.35. The maximum absolute atomic E-state index is 12.8. The van der Waals surface area contributed by atoms with Crippen LogP contribution in [-0.2, 0) is 23.9 Å². The predicted octanol–water partition coefficient (Wildman–Crippen LogP) is 2.80. The zero-order chi connectivity index (χ0) is 27.1. The third-order valence-corrected chi connectivity index (χ3v) is 7.25. The summed E-state index contributed by atoms with van der Waals surface area (Å²) in [5.41, 5.74) is 1.92. The van der Waals surface area contributed by atoms with Crippen molar-refractivity contribution in [1.82, 2.24) is 16.0 Å². The van der Waals surface area contributed by atoms with Crippen LogP contribution in [0, 0.1) is 5.92 Å². The molecule has 1 saturated heterocycles. The normalized spacial score (nSPS) is 18.5. The Morgan fingerprint density at radius 1 is 1.11 bits per heavy atom. The number of para-hydroxylation sites is 1. The van der Waals surface area contributed by atoms with Gasteiger partial charge in [0.2, 0.25) is 11.8 Å². The monoisotopic (exact) mass is 542 g/mol. The van der Waals surface area contributed by atoms with Crippen LogP contribution in [0.4, 0.5) is 11.4 Å². The van der Waals surface area contributed by atoms with Crippen molar-refractivity contribution in [3.05, 3.63) is 42.5 Å². The number of carbonyl (C=O) groups is 3. The second kappa shape index (κ2) is 13.0. The van der Waals surface area contributed by atoms with Crippen LogP contribution in [-0.4, -0.2) is 63.0 Å². The minimum atomic E-state index is -0.736. The second-order valence-electron chi connectivity index (χ2n) is 9.57. The summed E-state index contributed by atoms with van der Waals surface area (Å²) >= 11 is 1.66. The van der Waals surface area contributed by atoms with Crippen LogP contribution in [0.25, 0.3) is 0 Å². The molecule has 4 N–H and O–H groups in total. The largest absolute Gasteiger partial charge is 0.484 e. The fourth-order valence-electron chi connectivity index (χ4n) is 4.25. The third kappa shape index (κ3) is 7.40. The lowest BCUT2D eigenvalue weighted by molar-refractivity contribution is -0.133. The number of hydrogen-bond acceptors (Lipinski definition) is 8. The van der Waals surface area contributed by atoms with E-state index in [2.05, 4.69) is 27.3 Å². The summed E-state index contributed by atoms with van der Waals surface area (Å²) < 4.78 is 16.3. The summed E-state index contributed by atoms with van der Waals surface area (Å²) in [6, 6.07) is 12.6. The van der Waals surface area contributed by atoms with E-state index in [0.717, 1.165) is 21.2 Å². The lowest BCUT2D eigenvalue weighted by Crippen LogP contribution is -2.53. The summed E-state index contributed by atoms with van der Waals surface area (Å²) in [7, 11) is 1.52. The van der Waals surface area contributed by atoms with E-state index in [1.54, 1.807) is 17.8 Å². The quantitative estimate of drug-likeness (QED) is 0.291. The molecule has 2 aromatic rings. The lowest BCUT2D eigenvalue weighted by atomic mass is 10.0. The Balaban J connectivity index is 1.23. The Labute approximate surface area is 226 Å². The van der Waals surface area contributed by atoms with Crippen LogP contribution in [0.1, 0.15) is 26.7 Å². The number of hydrogen-bond donors (Lipinski definition) is 4. The van der Waals surface area contributed by atoms with Crippen molar-refractivity contribution in [2.75, 3.05) is 32.2 Å². The van der Waals surface area contributed by atoms with Crippen LogP contribution in [0.15, 0.2) is 52.3 Å². The van der Waals surface area contributed by atoms with Gasteiger partial charge in [0.15, 0.2) is 12.9 Å². The standard InChI is InChI=1S/C27H34N4O6S/c1-16(2)12-21(26(34)31-19-10-11-36-27(19)35-3)30-24(32)14-28-25(33)15-37-17-8-9-23-20(13-17)29-18-6-4-5-7-22(18)38-23/h4-9,13,16,19,21,27,29H,10-12,14-15H2,1-3H3,(H,28,33)(H,30,32)(H,31,34)/t19-,21-,27?/m0/s1. The second-order valence-corrected chi connectivity index (χ2v) is 10.7. The minimum Gasteiger partial charge on any atom is -0.484 e. The number of methoxy groups -OCH3 is 1. The maximum atomic E-state index is 12.8. The van der Waals surface area contributed by atoms with Crippen molar-refractivity contribution in [2.24, 2.45) is 5.92 Å². The first kappa shape index (κ1) is 27.7. The van der Waals surface area contributed by atoms with E-state index in [9.17, 15) is 14.4 Å². The Kier molecular flexibility index (Phi) is 9.48. The Bertz CT molecular complexity index is 1160. The molecule has 2 aromatic carbocycles. The molecule has 2 aliphatic rings. The van der Waals surface area contributed by atoms with Crippen molar-refractivity contribution in [1.29, 1.82) is 0 Å². The first-order chi connectivity index (χ1) is 18.3. The molecule has 0 radical (unpaired) electrons. The van der Waals surface area contributed by atoms with E-state index in [1.807, 2.05) is 44.2 Å². The highest BCUT2D eigenvalue weighted by atomic mass is 32.2. The Hall–Kier alpha value is -3.28. The van der Waals surface area contributed by atoms with Crippen LogP contribution >= 0.6 is 11.8 Å². The van der Waals surface area contributed by atoms with Gasteiger partial charge in [0.25, 0.3) is 5.91 Å². The summed E-state index contributed by atoms with van der Waals surface area (Å²) in [4.78, 5) is 39.9. The molecule has 10 nitrogen and oxygen atoms in total. The van der Waals surface area contributed by atoms with E-state index in [1.165, 1.54) is 7.11 Å². The van der Waals surface area contributed by atoms with Crippen molar-refractivity contribution in [3.8, 4) is 5.75 Å². The molecular weight excluding hydrogens is 508 g/mol. The Morgan fingerprint density at radius 2 is 1.89 bits per heavy atom. The lowest BCUT2D eigenvalue weighted by Gasteiger charge is -2.24. The number of rotatable bonds is 11. The highest BCUT2D eigenvalue weighted by Gasteiger charge is 2.32. The molecule has 3 atom stereocenters. The van der Waals surface area contributed by atoms with Gasteiger partial charge in [-0.25, -0.2) is 0 Å². The SMILES string of the molecule is COC1OCC[C@@H]1NC(=O)[C@H](CC(C)C)NC(=O)CNC(=O)COc1ccc2c(c1)Nc1ccccc1S2. The topological polar surface area (TPSA) is 127 Å². The van der Waals surface area contributed by atoms with Gasteiger partial charge in [0.1, 0.15) is 11.8 Å². The molecule has 2 heterocycles. The van der Waals surface area contributed by atoms with E-state index >= 15 is 0 Å². The molecule has 0 aromatic heterocycles. The zero-order valence-corrected chi connectivity index (χ0v) is 22.6. The van der Waals surface area contributed by atoms with Crippen LogP contribution in [0.5, 0.6) is 5.75 Å². The minimum absolute atomic E-state index is 0.171. The van der Waals surface area contributed by atoms with Gasteiger partial charge in [-0.15, -0.1) is 0 Å². The zero-order valence-electron chi connectivity index (χ0n) is 21.7. The van der Waals surface area contributed by atoms with Crippen LogP contribution in [0.3, 0.4) is 0 Å². The van der Waals surface area contributed by atoms with Crippen molar-refractivity contribution < 1.29 is 28.6 Å². The molecule has 204 valence electrons. The highest BCUT2D eigenvalue weighted by molar-refractivity contribution is 7.99. The molecule has 3 amide bonds. The summed E-state index contributed by atoms with van der Waals surface area (Å²) in [5, 5.41) is 11.6. The predicted molar refractivity (Wildman–Crippen MR) is 143 cm³/mol. The van der Waals surface area contributed by atoms with E-state index < -0.39 is 24.1 Å². The molecule has 1 fully saturated rings. The molecule has 38 heavy (non-hydrogen) atoms. The molecule has 2 aliphatic heterocycles. The molecule has 1 unspecified atom stereocenters. The van der Waals surface area contributed by atoms with Crippen molar-refractivity contribution >= 4 is 40.9 Å². The maximum Gasteiger partial charge on any atom is 0.258 e. The molecule has 11 heteroatoms. The van der Waals surface area contributed by atoms with Gasteiger partial charge in [0.05, 0.1) is 30.6 Å². The molecule has 0 aliphatic carbocycles. The number of fused-ring (bicyclic) bond motifs is 2. The number of anilines is 2. The third-order valence-electron chi connectivity index (χ3n) is 6.10. The Morgan fingerprint density at radius 3 is 2.68 bits per heavy atom. The number of amides is 3. The van der Waals surface area contributed by atoms with Crippen molar-refractivity contribution in [3.63, 3.8) is 0 Å². The van der Waals surface area contributed by atoms with E-state index in [-0.39, 0.29) is 31.0 Å². The van der Waals surface area contributed by atoms with Gasteiger partial charge >= 0.3 is 0 Å². The molecule has 0 saturated carbocycles. The van der Waals surface area contributed by atoms with Gasteiger partial charge in [-0.3, -0.25) is 14.4 Å². The number of nitrogens with one attached hydrogen (secondary N) is 4. The molecular formula is C27H34N4O6S. The van der Waals surface area contributed by atoms with Gasteiger partial charge in [-0.05, 0) is 43.0 Å².